The zero-order valence-electron chi connectivity index (χ0n) is 11.6. The zero-order chi connectivity index (χ0) is 13.1. The monoisotopic (exact) mass is 259 g/mol. The van der Waals surface area contributed by atoms with Gasteiger partial charge in [-0.15, -0.1) is 11.3 Å². The minimum absolute atomic E-state index is 0.422. The van der Waals surface area contributed by atoms with Crippen LogP contribution in [0.3, 0.4) is 0 Å². The van der Waals surface area contributed by atoms with E-state index in [2.05, 4.69) is 63.5 Å². The molecule has 0 bridgehead atoms. The smallest absolute Gasteiger partial charge is 0.0456 e. The molecular weight excluding hydrogens is 238 g/mol. The molecule has 1 aromatic heterocycles. The third-order valence-corrected chi connectivity index (χ3v) is 4.53. The lowest BCUT2D eigenvalue weighted by atomic mass is 10.0. The average molecular weight is 259 g/mol. The van der Waals surface area contributed by atoms with Crippen LogP contribution in [-0.2, 0) is 6.42 Å². The van der Waals surface area contributed by atoms with Crippen LogP contribution in [0.1, 0.15) is 32.5 Å². The van der Waals surface area contributed by atoms with Crippen molar-refractivity contribution in [3.8, 4) is 0 Å². The number of rotatable bonds is 4. The van der Waals surface area contributed by atoms with Gasteiger partial charge >= 0.3 is 0 Å². The van der Waals surface area contributed by atoms with E-state index in [9.17, 15) is 0 Å². The maximum atomic E-state index is 3.45. The van der Waals surface area contributed by atoms with Gasteiger partial charge in [0.1, 0.15) is 0 Å². The minimum atomic E-state index is 0.422. The van der Waals surface area contributed by atoms with Gasteiger partial charge in [-0.2, -0.15) is 0 Å². The Bertz CT molecular complexity index is 528. The van der Waals surface area contributed by atoms with Crippen LogP contribution in [0.25, 0.3) is 0 Å². The van der Waals surface area contributed by atoms with Gasteiger partial charge < -0.3 is 5.32 Å². The van der Waals surface area contributed by atoms with Crippen LogP contribution in [0.15, 0.2) is 30.3 Å². The van der Waals surface area contributed by atoms with Gasteiger partial charge in [0.05, 0.1) is 0 Å². The number of hydrogen-bond donors (Lipinski definition) is 1. The van der Waals surface area contributed by atoms with Gasteiger partial charge in [0.25, 0.3) is 0 Å². The first-order valence-corrected chi connectivity index (χ1v) is 7.21. The second kappa shape index (κ2) is 5.68. The predicted octanol–water partition coefficient (Wildman–Crippen LogP) is 4.18. The van der Waals surface area contributed by atoms with E-state index in [0.29, 0.717) is 6.04 Å². The molecule has 0 fully saturated rings. The minimum Gasteiger partial charge on any atom is -0.312 e. The fourth-order valence-electron chi connectivity index (χ4n) is 2.41. The molecule has 18 heavy (non-hydrogen) atoms. The molecule has 0 amide bonds. The zero-order valence-corrected chi connectivity index (χ0v) is 12.4. The van der Waals surface area contributed by atoms with Crippen LogP contribution in [0.4, 0.5) is 0 Å². The van der Waals surface area contributed by atoms with Crippen molar-refractivity contribution in [1.29, 1.82) is 0 Å². The Labute approximate surface area is 114 Å². The highest BCUT2D eigenvalue weighted by molar-refractivity contribution is 7.12. The van der Waals surface area contributed by atoms with E-state index in [4.69, 9.17) is 0 Å². The number of thiophene rings is 1. The second-order valence-corrected chi connectivity index (χ2v) is 6.23. The Balaban J connectivity index is 2.22. The topological polar surface area (TPSA) is 12.0 Å². The highest BCUT2D eigenvalue weighted by Crippen LogP contribution is 2.29. The third kappa shape index (κ3) is 3.01. The summed E-state index contributed by atoms with van der Waals surface area (Å²) < 4.78 is 0. The molecule has 1 unspecified atom stereocenters. The molecule has 0 aliphatic carbocycles. The number of aryl methyl sites for hydroxylation is 3. The van der Waals surface area contributed by atoms with Crippen LogP contribution < -0.4 is 5.32 Å². The molecule has 0 saturated carbocycles. The standard InChI is InChI=1S/C16H21NS/c1-11-6-5-7-14(8-11)10-15(17-4)16-12(2)9-13(3)18-16/h5-9,15,17H,10H2,1-4H3. The summed E-state index contributed by atoms with van der Waals surface area (Å²) in [6.45, 7) is 6.54. The molecule has 1 atom stereocenters. The summed E-state index contributed by atoms with van der Waals surface area (Å²) in [6.07, 6.45) is 1.05. The van der Waals surface area contributed by atoms with Crippen molar-refractivity contribution in [1.82, 2.24) is 5.32 Å². The molecule has 2 heteroatoms. The molecule has 0 saturated heterocycles. The van der Waals surface area contributed by atoms with Gasteiger partial charge in [0.15, 0.2) is 0 Å². The molecule has 1 N–H and O–H groups in total. The summed E-state index contributed by atoms with van der Waals surface area (Å²) >= 11 is 1.91. The van der Waals surface area contributed by atoms with E-state index in [1.54, 1.807) is 0 Å². The first-order valence-electron chi connectivity index (χ1n) is 6.40. The molecule has 0 aliphatic heterocycles. The lowest BCUT2D eigenvalue weighted by molar-refractivity contribution is 0.599. The summed E-state index contributed by atoms with van der Waals surface area (Å²) in [5.41, 5.74) is 4.14. The largest absolute Gasteiger partial charge is 0.312 e. The average Bonchev–Trinajstić information content (AvgIpc) is 2.65. The fraction of sp³-hybridized carbons (Fsp3) is 0.375. The normalized spacial score (nSPS) is 12.7. The van der Waals surface area contributed by atoms with Crippen LogP contribution in [-0.4, -0.2) is 7.05 Å². The first-order chi connectivity index (χ1) is 8.60. The van der Waals surface area contributed by atoms with E-state index in [1.807, 2.05) is 11.3 Å². The summed E-state index contributed by atoms with van der Waals surface area (Å²) in [5.74, 6) is 0. The molecule has 0 radical (unpaired) electrons. The van der Waals surface area contributed by atoms with E-state index >= 15 is 0 Å². The van der Waals surface area contributed by atoms with Gasteiger partial charge in [0.2, 0.25) is 0 Å². The lowest BCUT2D eigenvalue weighted by Gasteiger charge is -2.16. The Morgan fingerprint density at radius 3 is 2.50 bits per heavy atom. The molecule has 2 aromatic rings. The predicted molar refractivity (Wildman–Crippen MR) is 80.5 cm³/mol. The van der Waals surface area contributed by atoms with Crippen molar-refractivity contribution in [2.24, 2.45) is 0 Å². The number of likely N-dealkylation sites (N-methyl/N-ethyl adjacent to an activating group) is 1. The Morgan fingerprint density at radius 2 is 1.94 bits per heavy atom. The number of benzene rings is 1. The molecular formula is C16H21NS. The van der Waals surface area contributed by atoms with E-state index in [-0.39, 0.29) is 0 Å². The van der Waals surface area contributed by atoms with Crippen LogP contribution in [0.5, 0.6) is 0 Å². The van der Waals surface area contributed by atoms with Crippen LogP contribution in [0.2, 0.25) is 0 Å². The molecule has 0 spiro atoms. The Hall–Kier alpha value is -1.12. The molecule has 1 aromatic carbocycles. The van der Waals surface area contributed by atoms with E-state index in [1.165, 1.54) is 26.4 Å². The van der Waals surface area contributed by atoms with Crippen molar-refractivity contribution in [3.63, 3.8) is 0 Å². The fourth-order valence-corrected chi connectivity index (χ4v) is 3.55. The van der Waals surface area contributed by atoms with Gasteiger partial charge in [-0.1, -0.05) is 29.8 Å². The van der Waals surface area contributed by atoms with E-state index in [0.717, 1.165) is 6.42 Å². The SMILES string of the molecule is CNC(Cc1cccc(C)c1)c1sc(C)cc1C. The summed E-state index contributed by atoms with van der Waals surface area (Å²) in [6, 6.07) is 11.5. The van der Waals surface area contributed by atoms with Crippen molar-refractivity contribution < 1.29 is 0 Å². The number of nitrogens with one attached hydrogen (secondary N) is 1. The number of hydrogen-bond acceptors (Lipinski definition) is 2. The van der Waals surface area contributed by atoms with E-state index < -0.39 is 0 Å². The highest BCUT2D eigenvalue weighted by Gasteiger charge is 2.15. The molecule has 1 nitrogen and oxygen atoms in total. The third-order valence-electron chi connectivity index (χ3n) is 3.27. The van der Waals surface area contributed by atoms with Gasteiger partial charge in [0, 0.05) is 15.8 Å². The maximum Gasteiger partial charge on any atom is 0.0456 e. The first kappa shape index (κ1) is 13.3. The summed E-state index contributed by atoms with van der Waals surface area (Å²) in [4.78, 5) is 2.86. The van der Waals surface area contributed by atoms with Crippen molar-refractivity contribution in [2.45, 2.75) is 33.2 Å². The quantitative estimate of drug-likeness (QED) is 0.868. The highest BCUT2D eigenvalue weighted by atomic mass is 32.1. The van der Waals surface area contributed by atoms with Crippen molar-refractivity contribution >= 4 is 11.3 Å². The molecule has 0 aliphatic rings. The van der Waals surface area contributed by atoms with Gasteiger partial charge in [-0.25, -0.2) is 0 Å². The molecule has 96 valence electrons. The van der Waals surface area contributed by atoms with Crippen molar-refractivity contribution in [3.05, 3.63) is 56.8 Å². The van der Waals surface area contributed by atoms with Gasteiger partial charge in [-0.05, 0) is 51.4 Å². The lowest BCUT2D eigenvalue weighted by Crippen LogP contribution is -2.18. The second-order valence-electron chi connectivity index (χ2n) is 4.94. The van der Waals surface area contributed by atoms with Gasteiger partial charge in [-0.3, -0.25) is 0 Å². The van der Waals surface area contributed by atoms with Crippen LogP contribution >= 0.6 is 11.3 Å². The Morgan fingerprint density at radius 1 is 1.17 bits per heavy atom. The van der Waals surface area contributed by atoms with Crippen molar-refractivity contribution in [2.75, 3.05) is 7.05 Å². The molecule has 1 heterocycles. The summed E-state index contributed by atoms with van der Waals surface area (Å²) in [7, 11) is 2.05. The molecule has 2 rings (SSSR count). The maximum absolute atomic E-state index is 3.45. The Kier molecular flexibility index (Phi) is 4.20. The summed E-state index contributed by atoms with van der Waals surface area (Å²) in [5, 5.41) is 3.45. The van der Waals surface area contributed by atoms with Crippen LogP contribution in [0, 0.1) is 20.8 Å².